The number of halogens is 1. The molecule has 0 bridgehead atoms. The maximum absolute atomic E-state index is 9.24. The molecule has 0 radical (unpaired) electrons. The zero-order valence-electron chi connectivity index (χ0n) is 8.91. The molecule has 15 heavy (non-hydrogen) atoms. The van der Waals surface area contributed by atoms with Gasteiger partial charge >= 0.3 is 0 Å². The van der Waals surface area contributed by atoms with E-state index in [1.807, 2.05) is 18.2 Å². The van der Waals surface area contributed by atoms with Crippen LogP contribution in [0, 0.1) is 5.92 Å². The standard InChI is InChI=1S/C12H16ClNO/c1-14(7-9-2-3-9)12-6-11(13)5-4-10(12)8-15/h4-6,9,15H,2-3,7-8H2,1H3. The monoisotopic (exact) mass is 225 g/mol. The summed E-state index contributed by atoms with van der Waals surface area (Å²) >= 11 is 5.96. The minimum atomic E-state index is 0.0709. The molecule has 0 spiro atoms. The molecule has 0 unspecified atom stereocenters. The van der Waals surface area contributed by atoms with Gasteiger partial charge < -0.3 is 10.0 Å². The number of anilines is 1. The molecule has 0 amide bonds. The highest BCUT2D eigenvalue weighted by Crippen LogP contribution is 2.32. The average Bonchev–Trinajstić information content (AvgIpc) is 3.01. The Bertz CT molecular complexity index is 349. The van der Waals surface area contributed by atoms with Gasteiger partial charge in [-0.1, -0.05) is 17.7 Å². The Morgan fingerprint density at radius 2 is 2.20 bits per heavy atom. The van der Waals surface area contributed by atoms with Crippen molar-refractivity contribution in [2.45, 2.75) is 19.4 Å². The molecule has 0 aromatic heterocycles. The predicted octanol–water partition coefficient (Wildman–Crippen LogP) is 2.68. The van der Waals surface area contributed by atoms with Crippen molar-refractivity contribution in [3.05, 3.63) is 28.8 Å². The number of aliphatic hydroxyl groups excluding tert-OH is 1. The van der Waals surface area contributed by atoms with E-state index in [1.165, 1.54) is 12.8 Å². The third-order valence-corrected chi connectivity index (χ3v) is 3.09. The lowest BCUT2D eigenvalue weighted by atomic mass is 10.1. The normalized spacial score (nSPS) is 15.4. The highest BCUT2D eigenvalue weighted by atomic mass is 35.5. The van der Waals surface area contributed by atoms with E-state index in [2.05, 4.69) is 11.9 Å². The van der Waals surface area contributed by atoms with Crippen LogP contribution in [0.15, 0.2) is 18.2 Å². The highest BCUT2D eigenvalue weighted by molar-refractivity contribution is 6.30. The Morgan fingerprint density at radius 3 is 2.80 bits per heavy atom. The van der Waals surface area contributed by atoms with Gasteiger partial charge in [0.05, 0.1) is 6.61 Å². The maximum atomic E-state index is 9.24. The van der Waals surface area contributed by atoms with Gasteiger partial charge in [-0.3, -0.25) is 0 Å². The smallest absolute Gasteiger partial charge is 0.0702 e. The zero-order chi connectivity index (χ0) is 10.8. The second kappa shape index (κ2) is 4.42. The van der Waals surface area contributed by atoms with Crippen LogP contribution in [0.3, 0.4) is 0 Å². The van der Waals surface area contributed by atoms with Crippen LogP contribution in [0.1, 0.15) is 18.4 Å². The fraction of sp³-hybridized carbons (Fsp3) is 0.500. The van der Waals surface area contributed by atoms with E-state index in [4.69, 9.17) is 11.6 Å². The third-order valence-electron chi connectivity index (χ3n) is 2.86. The minimum Gasteiger partial charge on any atom is -0.392 e. The van der Waals surface area contributed by atoms with Gasteiger partial charge in [-0.2, -0.15) is 0 Å². The van der Waals surface area contributed by atoms with Crippen molar-refractivity contribution < 1.29 is 5.11 Å². The molecule has 1 aliphatic rings. The lowest BCUT2D eigenvalue weighted by molar-refractivity contribution is 0.282. The molecule has 1 aromatic rings. The first-order valence-corrected chi connectivity index (χ1v) is 5.69. The Kier molecular flexibility index (Phi) is 3.17. The molecule has 0 atom stereocenters. The molecule has 1 N–H and O–H groups in total. The molecule has 3 heteroatoms. The fourth-order valence-corrected chi connectivity index (χ4v) is 1.98. The average molecular weight is 226 g/mol. The van der Waals surface area contributed by atoms with Crippen molar-refractivity contribution >= 4 is 17.3 Å². The topological polar surface area (TPSA) is 23.5 Å². The van der Waals surface area contributed by atoms with Crippen LogP contribution >= 0.6 is 11.6 Å². The number of rotatable bonds is 4. The van der Waals surface area contributed by atoms with E-state index in [0.717, 1.165) is 28.7 Å². The second-order valence-corrected chi connectivity index (χ2v) is 4.69. The van der Waals surface area contributed by atoms with Crippen LogP contribution in [-0.4, -0.2) is 18.7 Å². The van der Waals surface area contributed by atoms with Crippen LogP contribution in [0.2, 0.25) is 5.02 Å². The maximum Gasteiger partial charge on any atom is 0.0702 e. The van der Waals surface area contributed by atoms with Gasteiger partial charge in [0.25, 0.3) is 0 Å². The molecular weight excluding hydrogens is 210 g/mol. The quantitative estimate of drug-likeness (QED) is 0.852. The molecule has 1 fully saturated rings. The summed E-state index contributed by atoms with van der Waals surface area (Å²) in [7, 11) is 2.06. The number of hydrogen-bond donors (Lipinski definition) is 1. The zero-order valence-corrected chi connectivity index (χ0v) is 9.67. The Labute approximate surface area is 95.5 Å². The van der Waals surface area contributed by atoms with Gasteiger partial charge in [0.15, 0.2) is 0 Å². The van der Waals surface area contributed by atoms with Crippen molar-refractivity contribution in [2.75, 3.05) is 18.5 Å². The summed E-state index contributed by atoms with van der Waals surface area (Å²) in [5.41, 5.74) is 2.00. The Balaban J connectivity index is 2.18. The van der Waals surface area contributed by atoms with Crippen LogP contribution in [-0.2, 0) is 6.61 Å². The lowest BCUT2D eigenvalue weighted by Gasteiger charge is -2.22. The number of hydrogen-bond acceptors (Lipinski definition) is 2. The van der Waals surface area contributed by atoms with E-state index < -0.39 is 0 Å². The van der Waals surface area contributed by atoms with Crippen LogP contribution in [0.5, 0.6) is 0 Å². The molecule has 82 valence electrons. The number of benzene rings is 1. The molecule has 1 aliphatic carbocycles. The van der Waals surface area contributed by atoms with Crippen molar-refractivity contribution in [3.8, 4) is 0 Å². The van der Waals surface area contributed by atoms with E-state index in [1.54, 1.807) is 0 Å². The largest absolute Gasteiger partial charge is 0.392 e. The van der Waals surface area contributed by atoms with Gasteiger partial charge in [0.1, 0.15) is 0 Å². The third kappa shape index (κ3) is 2.64. The molecule has 1 saturated carbocycles. The summed E-state index contributed by atoms with van der Waals surface area (Å²) in [5.74, 6) is 0.834. The lowest BCUT2D eigenvalue weighted by Crippen LogP contribution is -2.21. The molecule has 0 heterocycles. The summed E-state index contributed by atoms with van der Waals surface area (Å²) in [6.45, 7) is 1.13. The predicted molar refractivity (Wildman–Crippen MR) is 63.4 cm³/mol. The van der Waals surface area contributed by atoms with E-state index in [9.17, 15) is 5.11 Å². The summed E-state index contributed by atoms with van der Waals surface area (Å²) < 4.78 is 0. The van der Waals surface area contributed by atoms with Crippen LogP contribution in [0.25, 0.3) is 0 Å². The summed E-state index contributed by atoms with van der Waals surface area (Å²) in [4.78, 5) is 2.19. The van der Waals surface area contributed by atoms with E-state index >= 15 is 0 Å². The summed E-state index contributed by atoms with van der Waals surface area (Å²) in [5, 5.41) is 9.96. The van der Waals surface area contributed by atoms with Gasteiger partial charge in [-0.05, 0) is 30.9 Å². The molecule has 1 aromatic carbocycles. The molecule has 0 saturated heterocycles. The summed E-state index contributed by atoms with van der Waals surface area (Å²) in [6.07, 6.45) is 2.67. The SMILES string of the molecule is CN(CC1CC1)c1cc(Cl)ccc1CO. The fourth-order valence-electron chi connectivity index (χ4n) is 1.81. The van der Waals surface area contributed by atoms with Crippen LogP contribution < -0.4 is 4.90 Å². The molecule has 2 nitrogen and oxygen atoms in total. The molecule has 0 aliphatic heterocycles. The van der Waals surface area contributed by atoms with Crippen LogP contribution in [0.4, 0.5) is 5.69 Å². The first-order chi connectivity index (χ1) is 7.20. The first-order valence-electron chi connectivity index (χ1n) is 5.31. The number of nitrogens with zero attached hydrogens (tertiary/aromatic N) is 1. The van der Waals surface area contributed by atoms with Gasteiger partial charge in [0.2, 0.25) is 0 Å². The van der Waals surface area contributed by atoms with Gasteiger partial charge in [-0.25, -0.2) is 0 Å². The van der Waals surface area contributed by atoms with Crippen molar-refractivity contribution in [2.24, 2.45) is 5.92 Å². The second-order valence-electron chi connectivity index (χ2n) is 4.26. The van der Waals surface area contributed by atoms with E-state index in [-0.39, 0.29) is 6.61 Å². The number of aliphatic hydroxyl groups is 1. The minimum absolute atomic E-state index is 0.0709. The highest BCUT2D eigenvalue weighted by Gasteiger charge is 2.23. The van der Waals surface area contributed by atoms with Crippen molar-refractivity contribution in [1.82, 2.24) is 0 Å². The molecule has 2 rings (SSSR count). The molecular formula is C12H16ClNO. The van der Waals surface area contributed by atoms with E-state index in [0.29, 0.717) is 0 Å². The van der Waals surface area contributed by atoms with Gasteiger partial charge in [0, 0.05) is 29.9 Å². The summed E-state index contributed by atoms with van der Waals surface area (Å²) in [6, 6.07) is 5.64. The van der Waals surface area contributed by atoms with Crippen molar-refractivity contribution in [1.29, 1.82) is 0 Å². The Hall–Kier alpha value is -0.730. The Morgan fingerprint density at radius 1 is 1.47 bits per heavy atom. The van der Waals surface area contributed by atoms with Crippen molar-refractivity contribution in [3.63, 3.8) is 0 Å². The first kappa shape index (κ1) is 10.8. The van der Waals surface area contributed by atoms with Gasteiger partial charge in [-0.15, -0.1) is 0 Å².